The van der Waals surface area contributed by atoms with Crippen LogP contribution < -0.4 is 0 Å². The summed E-state index contributed by atoms with van der Waals surface area (Å²) in [6.07, 6.45) is 2.77. The molecule has 0 radical (unpaired) electrons. The maximum atomic E-state index is 12.8. The highest BCUT2D eigenvalue weighted by Gasteiger charge is 2.35. The first kappa shape index (κ1) is 11.5. The van der Waals surface area contributed by atoms with Gasteiger partial charge in [0.25, 0.3) is 0 Å². The number of pyridine rings is 1. The van der Waals surface area contributed by atoms with Crippen molar-refractivity contribution in [1.29, 1.82) is 0 Å². The smallest absolute Gasteiger partial charge is 0.141 e. The largest absolute Gasteiger partial charge is 0.384 e. The normalized spacial score (nSPS) is 21.7. The fourth-order valence-electron chi connectivity index (χ4n) is 2.14. The van der Waals surface area contributed by atoms with E-state index in [2.05, 4.69) is 4.98 Å². The second-order valence-electron chi connectivity index (χ2n) is 4.40. The molecule has 2 rings (SSSR count). The first-order valence-corrected chi connectivity index (χ1v) is 5.53. The van der Waals surface area contributed by atoms with Crippen molar-refractivity contribution in [1.82, 2.24) is 4.98 Å². The first-order chi connectivity index (χ1) is 7.60. The molecular weight excluding hydrogens is 209 g/mol. The van der Waals surface area contributed by atoms with Gasteiger partial charge in [0.05, 0.1) is 11.9 Å². The number of aromatic nitrogens is 1. The summed E-state index contributed by atoms with van der Waals surface area (Å²) in [4.78, 5) is 3.96. The van der Waals surface area contributed by atoms with E-state index in [4.69, 9.17) is 4.74 Å². The van der Waals surface area contributed by atoms with Crippen LogP contribution in [0.5, 0.6) is 0 Å². The molecule has 0 bridgehead atoms. The van der Waals surface area contributed by atoms with Crippen LogP contribution in [0.15, 0.2) is 18.3 Å². The molecule has 2 heterocycles. The van der Waals surface area contributed by atoms with Gasteiger partial charge < -0.3 is 9.84 Å². The highest BCUT2D eigenvalue weighted by molar-refractivity contribution is 5.14. The summed E-state index contributed by atoms with van der Waals surface area (Å²) < 4.78 is 18.0. The maximum Gasteiger partial charge on any atom is 0.141 e. The number of nitrogens with zero attached hydrogens (tertiary/aromatic N) is 1. The van der Waals surface area contributed by atoms with Crippen molar-refractivity contribution in [2.75, 3.05) is 13.2 Å². The van der Waals surface area contributed by atoms with Crippen LogP contribution in [-0.4, -0.2) is 23.3 Å². The molecular formula is C12H16FNO2. The van der Waals surface area contributed by atoms with E-state index in [9.17, 15) is 9.50 Å². The number of rotatable bonds is 2. The van der Waals surface area contributed by atoms with Gasteiger partial charge in [-0.05, 0) is 37.8 Å². The third-order valence-electron chi connectivity index (χ3n) is 3.26. The molecule has 4 heteroatoms. The first-order valence-electron chi connectivity index (χ1n) is 5.53. The Bertz CT molecular complexity index is 345. The topological polar surface area (TPSA) is 42.4 Å². The van der Waals surface area contributed by atoms with Gasteiger partial charge in [0.1, 0.15) is 11.4 Å². The number of hydrogen-bond acceptors (Lipinski definition) is 3. The second kappa shape index (κ2) is 4.47. The minimum absolute atomic E-state index is 0.124. The van der Waals surface area contributed by atoms with E-state index in [1.165, 1.54) is 6.07 Å². The van der Waals surface area contributed by atoms with Crippen LogP contribution in [0, 0.1) is 11.7 Å². The van der Waals surface area contributed by atoms with E-state index in [0.29, 0.717) is 18.9 Å². The van der Waals surface area contributed by atoms with Crippen LogP contribution in [0.4, 0.5) is 4.39 Å². The molecule has 0 aliphatic carbocycles. The molecule has 1 fully saturated rings. The van der Waals surface area contributed by atoms with Gasteiger partial charge in [-0.2, -0.15) is 0 Å². The fourth-order valence-corrected chi connectivity index (χ4v) is 2.14. The predicted molar refractivity (Wildman–Crippen MR) is 57.3 cm³/mol. The predicted octanol–water partition coefficient (Wildman–Crippen LogP) is 1.85. The minimum atomic E-state index is -1.00. The van der Waals surface area contributed by atoms with E-state index in [0.717, 1.165) is 19.0 Å². The quantitative estimate of drug-likeness (QED) is 0.835. The van der Waals surface area contributed by atoms with Crippen LogP contribution in [-0.2, 0) is 10.3 Å². The fraction of sp³-hybridized carbons (Fsp3) is 0.583. The summed E-state index contributed by atoms with van der Waals surface area (Å²) >= 11 is 0. The molecule has 1 unspecified atom stereocenters. The Morgan fingerprint density at radius 1 is 1.44 bits per heavy atom. The van der Waals surface area contributed by atoms with Crippen molar-refractivity contribution in [3.63, 3.8) is 0 Å². The molecule has 1 aromatic rings. The van der Waals surface area contributed by atoms with Gasteiger partial charge in [0, 0.05) is 13.2 Å². The summed E-state index contributed by atoms with van der Waals surface area (Å²) in [5, 5.41) is 10.5. The lowest BCUT2D eigenvalue weighted by Crippen LogP contribution is -2.36. The molecule has 1 aliphatic rings. The molecule has 1 N–H and O–H groups in total. The van der Waals surface area contributed by atoms with E-state index in [1.54, 1.807) is 13.0 Å². The SMILES string of the molecule is CC(O)(c1ccc(F)cn1)C1CCOCC1. The Morgan fingerprint density at radius 3 is 2.69 bits per heavy atom. The van der Waals surface area contributed by atoms with Crippen LogP contribution in [0.2, 0.25) is 0 Å². The average Bonchev–Trinajstić information content (AvgIpc) is 2.31. The van der Waals surface area contributed by atoms with Gasteiger partial charge in [0.15, 0.2) is 0 Å². The Kier molecular flexibility index (Phi) is 3.21. The Labute approximate surface area is 94.3 Å². The monoisotopic (exact) mass is 225 g/mol. The Balaban J connectivity index is 2.19. The van der Waals surface area contributed by atoms with E-state index < -0.39 is 5.60 Å². The summed E-state index contributed by atoms with van der Waals surface area (Å²) in [5.74, 6) is -0.259. The molecule has 0 aromatic carbocycles. The third-order valence-corrected chi connectivity index (χ3v) is 3.26. The molecule has 0 saturated carbocycles. The van der Waals surface area contributed by atoms with E-state index in [1.807, 2.05) is 0 Å². The zero-order valence-electron chi connectivity index (χ0n) is 9.32. The maximum absolute atomic E-state index is 12.8. The van der Waals surface area contributed by atoms with Crippen molar-refractivity contribution in [3.05, 3.63) is 29.8 Å². The number of hydrogen-bond donors (Lipinski definition) is 1. The van der Waals surface area contributed by atoms with Gasteiger partial charge >= 0.3 is 0 Å². The summed E-state index contributed by atoms with van der Waals surface area (Å²) in [5.41, 5.74) is -0.474. The van der Waals surface area contributed by atoms with Gasteiger partial charge in [-0.1, -0.05) is 0 Å². The molecule has 1 aliphatic heterocycles. The number of aliphatic hydroxyl groups is 1. The molecule has 1 aromatic heterocycles. The highest BCUT2D eigenvalue weighted by Crippen LogP contribution is 2.34. The van der Waals surface area contributed by atoms with Crippen LogP contribution in [0.3, 0.4) is 0 Å². The van der Waals surface area contributed by atoms with Crippen molar-refractivity contribution in [3.8, 4) is 0 Å². The zero-order chi connectivity index (χ0) is 11.6. The van der Waals surface area contributed by atoms with Crippen molar-refractivity contribution < 1.29 is 14.2 Å². The summed E-state index contributed by atoms with van der Waals surface area (Å²) in [6, 6.07) is 2.88. The molecule has 16 heavy (non-hydrogen) atoms. The van der Waals surface area contributed by atoms with Gasteiger partial charge in [-0.25, -0.2) is 4.39 Å². The third kappa shape index (κ3) is 2.23. The molecule has 88 valence electrons. The Morgan fingerprint density at radius 2 is 2.12 bits per heavy atom. The van der Waals surface area contributed by atoms with Crippen molar-refractivity contribution in [2.45, 2.75) is 25.4 Å². The van der Waals surface area contributed by atoms with E-state index >= 15 is 0 Å². The number of ether oxygens (including phenoxy) is 1. The zero-order valence-corrected chi connectivity index (χ0v) is 9.32. The number of halogens is 1. The summed E-state index contributed by atoms with van der Waals surface area (Å²) in [6.45, 7) is 3.08. The highest BCUT2D eigenvalue weighted by atomic mass is 19.1. The standard InChI is InChI=1S/C12H16FNO2/c1-12(15,9-4-6-16-7-5-9)11-3-2-10(13)8-14-11/h2-3,8-9,15H,4-7H2,1H3. The van der Waals surface area contributed by atoms with Gasteiger partial charge in [-0.15, -0.1) is 0 Å². The molecule has 1 atom stereocenters. The van der Waals surface area contributed by atoms with Gasteiger partial charge in [-0.3, -0.25) is 4.98 Å². The van der Waals surface area contributed by atoms with Crippen molar-refractivity contribution in [2.24, 2.45) is 5.92 Å². The second-order valence-corrected chi connectivity index (χ2v) is 4.40. The lowest BCUT2D eigenvalue weighted by molar-refractivity contribution is -0.0606. The summed E-state index contributed by atoms with van der Waals surface area (Å²) in [7, 11) is 0. The van der Waals surface area contributed by atoms with Crippen molar-refractivity contribution >= 4 is 0 Å². The molecule has 1 saturated heterocycles. The lowest BCUT2D eigenvalue weighted by atomic mass is 9.81. The van der Waals surface area contributed by atoms with Crippen LogP contribution in [0.25, 0.3) is 0 Å². The minimum Gasteiger partial charge on any atom is -0.384 e. The molecule has 3 nitrogen and oxygen atoms in total. The lowest BCUT2D eigenvalue weighted by Gasteiger charge is -2.35. The van der Waals surface area contributed by atoms with Gasteiger partial charge in [0.2, 0.25) is 0 Å². The van der Waals surface area contributed by atoms with E-state index in [-0.39, 0.29) is 11.7 Å². The molecule has 0 spiro atoms. The average molecular weight is 225 g/mol. The van der Waals surface area contributed by atoms with Crippen LogP contribution >= 0.6 is 0 Å². The Hall–Kier alpha value is -1.00. The molecule has 0 amide bonds. The van der Waals surface area contributed by atoms with Crippen LogP contribution in [0.1, 0.15) is 25.5 Å².